The van der Waals surface area contributed by atoms with Crippen LogP contribution in [0.5, 0.6) is 0 Å². The van der Waals surface area contributed by atoms with E-state index < -0.39 is 0 Å². The maximum atomic E-state index is 5.86. The Labute approximate surface area is 192 Å². The van der Waals surface area contributed by atoms with Gasteiger partial charge in [0.2, 0.25) is 0 Å². The largest absolute Gasteiger partial charge is 0.351 e. The number of thiocarbonyl (C=S) groups is 1. The Morgan fingerprint density at radius 1 is 1.10 bits per heavy atom. The summed E-state index contributed by atoms with van der Waals surface area (Å²) in [5.74, 6) is 0. The molecule has 1 aliphatic heterocycles. The Bertz CT molecular complexity index is 1090. The number of hydrogen-bond donors (Lipinski definition) is 1. The molecule has 3 aromatic rings. The van der Waals surface area contributed by atoms with Gasteiger partial charge in [0, 0.05) is 33.8 Å². The maximum absolute atomic E-state index is 5.86. The lowest BCUT2D eigenvalue weighted by Gasteiger charge is -2.29. The van der Waals surface area contributed by atoms with Gasteiger partial charge in [0.25, 0.3) is 0 Å². The fraction of sp³-hybridized carbons (Fsp3) is 0.333. The molecule has 4 rings (SSSR count). The van der Waals surface area contributed by atoms with Crippen LogP contribution in [0.4, 0.5) is 5.69 Å². The lowest BCUT2D eigenvalue weighted by Crippen LogP contribution is -2.29. The minimum atomic E-state index is -0.0243. The zero-order chi connectivity index (χ0) is 21.6. The second-order valence-electron chi connectivity index (χ2n) is 8.22. The number of benzene rings is 1. The normalized spacial score (nSPS) is 18.9. The molecule has 2 atom stereocenters. The van der Waals surface area contributed by atoms with Crippen molar-refractivity contribution in [3.63, 3.8) is 0 Å². The van der Waals surface area contributed by atoms with Gasteiger partial charge in [-0.1, -0.05) is 22.0 Å². The first-order valence-corrected chi connectivity index (χ1v) is 11.4. The molecule has 1 N–H and O–H groups in total. The van der Waals surface area contributed by atoms with Crippen molar-refractivity contribution in [1.82, 2.24) is 14.9 Å². The lowest BCUT2D eigenvalue weighted by atomic mass is 9.96. The van der Waals surface area contributed by atoms with Crippen LogP contribution in [0.3, 0.4) is 0 Å². The first-order valence-electron chi connectivity index (χ1n) is 10.2. The Morgan fingerprint density at radius 2 is 1.87 bits per heavy atom. The topological polar surface area (TPSA) is 33.1 Å². The Balaban J connectivity index is 1.90. The molecule has 1 saturated heterocycles. The van der Waals surface area contributed by atoms with E-state index >= 15 is 0 Å². The molecule has 2 aromatic heterocycles. The van der Waals surface area contributed by atoms with Crippen molar-refractivity contribution >= 4 is 38.9 Å². The SMILES string of the molecule is Cc1cc(N2C(=S)N[C@H](c3ccccn3)[C@H]2c2cc(C)n(C(C)C)c2C)ccc1Br. The van der Waals surface area contributed by atoms with Crippen LogP contribution < -0.4 is 10.2 Å². The first kappa shape index (κ1) is 21.1. The molecule has 0 aliphatic carbocycles. The summed E-state index contributed by atoms with van der Waals surface area (Å²) in [6.45, 7) is 11.0. The van der Waals surface area contributed by atoms with Gasteiger partial charge >= 0.3 is 0 Å². The number of hydrogen-bond acceptors (Lipinski definition) is 2. The fourth-order valence-electron chi connectivity index (χ4n) is 4.62. The molecular formula is C24H27BrN4S. The zero-order valence-electron chi connectivity index (χ0n) is 18.0. The van der Waals surface area contributed by atoms with Crippen LogP contribution in [0.25, 0.3) is 0 Å². The third kappa shape index (κ3) is 3.56. The van der Waals surface area contributed by atoms with Crippen LogP contribution in [0.1, 0.15) is 60.2 Å². The van der Waals surface area contributed by atoms with Crippen molar-refractivity contribution in [2.75, 3.05) is 4.90 Å². The van der Waals surface area contributed by atoms with E-state index in [2.05, 4.69) is 101 Å². The van der Waals surface area contributed by atoms with Gasteiger partial charge in [-0.25, -0.2) is 0 Å². The molecule has 0 saturated carbocycles. The van der Waals surface area contributed by atoms with Gasteiger partial charge in [0.1, 0.15) is 0 Å². The minimum Gasteiger partial charge on any atom is -0.351 e. The third-order valence-electron chi connectivity index (χ3n) is 5.88. The molecule has 1 aromatic carbocycles. The van der Waals surface area contributed by atoms with Gasteiger partial charge < -0.3 is 14.8 Å². The van der Waals surface area contributed by atoms with Gasteiger partial charge in [0.05, 0.1) is 17.8 Å². The monoisotopic (exact) mass is 482 g/mol. The van der Waals surface area contributed by atoms with Crippen LogP contribution in [0, 0.1) is 20.8 Å². The zero-order valence-corrected chi connectivity index (χ0v) is 20.4. The van der Waals surface area contributed by atoms with Crippen LogP contribution in [0.15, 0.2) is 53.1 Å². The Hall–Kier alpha value is -2.18. The van der Waals surface area contributed by atoms with Crippen molar-refractivity contribution < 1.29 is 0 Å². The molecular weight excluding hydrogens is 456 g/mol. The van der Waals surface area contributed by atoms with Crippen LogP contribution in [-0.2, 0) is 0 Å². The average Bonchev–Trinajstić information content (AvgIpc) is 3.20. The average molecular weight is 483 g/mol. The van der Waals surface area contributed by atoms with Crippen molar-refractivity contribution in [2.45, 2.75) is 52.7 Å². The summed E-state index contributed by atoms with van der Waals surface area (Å²) in [7, 11) is 0. The number of aryl methyl sites for hydroxylation is 2. The van der Waals surface area contributed by atoms with Crippen molar-refractivity contribution in [1.29, 1.82) is 0 Å². The number of aromatic nitrogens is 2. The number of pyridine rings is 1. The third-order valence-corrected chi connectivity index (χ3v) is 7.08. The number of nitrogens with zero attached hydrogens (tertiary/aromatic N) is 3. The van der Waals surface area contributed by atoms with Crippen LogP contribution >= 0.6 is 28.1 Å². The fourth-order valence-corrected chi connectivity index (χ4v) is 5.22. The smallest absolute Gasteiger partial charge is 0.174 e. The summed E-state index contributed by atoms with van der Waals surface area (Å²) < 4.78 is 3.50. The second kappa shape index (κ2) is 8.16. The quantitative estimate of drug-likeness (QED) is 0.440. The molecule has 0 spiro atoms. The van der Waals surface area contributed by atoms with E-state index in [1.54, 1.807) is 0 Å². The number of rotatable bonds is 4. The summed E-state index contributed by atoms with van der Waals surface area (Å²) in [5.41, 5.74) is 7.09. The summed E-state index contributed by atoms with van der Waals surface area (Å²) in [6, 6.07) is 15.2. The van der Waals surface area contributed by atoms with Crippen LogP contribution in [-0.4, -0.2) is 14.7 Å². The van der Waals surface area contributed by atoms with Crippen molar-refractivity contribution in [3.05, 3.63) is 81.3 Å². The van der Waals surface area contributed by atoms with E-state index in [9.17, 15) is 0 Å². The van der Waals surface area contributed by atoms with E-state index in [0.717, 1.165) is 21.0 Å². The molecule has 156 valence electrons. The number of anilines is 1. The molecule has 0 bridgehead atoms. The van der Waals surface area contributed by atoms with E-state index in [1.165, 1.54) is 22.5 Å². The summed E-state index contributed by atoms with van der Waals surface area (Å²) in [4.78, 5) is 6.91. The second-order valence-corrected chi connectivity index (χ2v) is 9.46. The van der Waals surface area contributed by atoms with Gasteiger partial charge in [-0.05, 0) is 94.4 Å². The molecule has 0 amide bonds. The Kier molecular flexibility index (Phi) is 5.73. The summed E-state index contributed by atoms with van der Waals surface area (Å²) in [5, 5.41) is 4.29. The predicted octanol–water partition coefficient (Wildman–Crippen LogP) is 6.33. The van der Waals surface area contributed by atoms with Gasteiger partial charge in [0.15, 0.2) is 5.11 Å². The predicted molar refractivity (Wildman–Crippen MR) is 131 cm³/mol. The van der Waals surface area contributed by atoms with E-state index in [1.807, 2.05) is 18.3 Å². The maximum Gasteiger partial charge on any atom is 0.174 e. The highest BCUT2D eigenvalue weighted by Crippen LogP contribution is 2.44. The highest BCUT2D eigenvalue weighted by Gasteiger charge is 2.42. The van der Waals surface area contributed by atoms with E-state index in [4.69, 9.17) is 12.2 Å². The minimum absolute atomic E-state index is 0.0201. The van der Waals surface area contributed by atoms with Gasteiger partial charge in [-0.2, -0.15) is 0 Å². The van der Waals surface area contributed by atoms with Crippen molar-refractivity contribution in [2.24, 2.45) is 0 Å². The standard InChI is InChI=1S/C24H27BrN4S/c1-14(2)28-16(4)13-19(17(28)5)23-22(21-8-6-7-11-26-21)27-24(30)29(23)18-9-10-20(25)15(3)12-18/h6-14,22-23H,1-5H3,(H,27,30)/t22-,23-/m1/s1. The van der Waals surface area contributed by atoms with Gasteiger partial charge in [-0.15, -0.1) is 0 Å². The number of halogens is 1. The number of nitrogens with one attached hydrogen (secondary N) is 1. The molecule has 4 nitrogen and oxygen atoms in total. The molecule has 30 heavy (non-hydrogen) atoms. The van der Waals surface area contributed by atoms with Crippen molar-refractivity contribution in [3.8, 4) is 0 Å². The first-order chi connectivity index (χ1) is 14.3. The molecule has 3 heterocycles. The Morgan fingerprint density at radius 3 is 2.47 bits per heavy atom. The van der Waals surface area contributed by atoms with E-state index in [0.29, 0.717) is 6.04 Å². The molecule has 0 unspecified atom stereocenters. The highest BCUT2D eigenvalue weighted by molar-refractivity contribution is 9.10. The van der Waals surface area contributed by atoms with Gasteiger partial charge in [-0.3, -0.25) is 4.98 Å². The molecule has 1 fully saturated rings. The van der Waals surface area contributed by atoms with Crippen LogP contribution in [0.2, 0.25) is 0 Å². The lowest BCUT2D eigenvalue weighted by molar-refractivity contribution is 0.547. The van der Waals surface area contributed by atoms with E-state index in [-0.39, 0.29) is 12.1 Å². The molecule has 1 aliphatic rings. The summed E-state index contributed by atoms with van der Waals surface area (Å²) in [6.07, 6.45) is 1.85. The summed E-state index contributed by atoms with van der Waals surface area (Å²) >= 11 is 9.48. The molecule has 6 heteroatoms. The molecule has 0 radical (unpaired) electrons. The highest BCUT2D eigenvalue weighted by atomic mass is 79.9.